The summed E-state index contributed by atoms with van der Waals surface area (Å²) in [5.41, 5.74) is 7.71. The molecule has 0 amide bonds. The Labute approximate surface area is 123 Å². The van der Waals surface area contributed by atoms with Crippen LogP contribution in [0.2, 0.25) is 5.02 Å². The maximum Gasteiger partial charge on any atom is 0.148 e. The third kappa shape index (κ3) is 2.48. The Bertz CT molecular complexity index is 577. The number of thiophene rings is 1. The lowest BCUT2D eigenvalue weighted by Gasteiger charge is -2.12. The van der Waals surface area contributed by atoms with Gasteiger partial charge in [-0.2, -0.15) is 0 Å². The molecule has 0 fully saturated rings. The minimum atomic E-state index is -0.479. The van der Waals surface area contributed by atoms with Crippen molar-refractivity contribution >= 4 is 38.9 Å². The number of hydrogen-bond donors (Lipinski definition) is 1. The number of rotatable bonds is 2. The van der Waals surface area contributed by atoms with Gasteiger partial charge in [-0.15, -0.1) is 11.3 Å². The van der Waals surface area contributed by atoms with Gasteiger partial charge in [0.15, 0.2) is 0 Å². The third-order valence-corrected chi connectivity index (χ3v) is 5.39. The Morgan fingerprint density at radius 1 is 1.39 bits per heavy atom. The SMILES string of the molecule is Cc1cc(C(N)c2ccc(Br)c(Cl)c2F)sc1C. The molecule has 1 aromatic heterocycles. The molecule has 0 spiro atoms. The summed E-state index contributed by atoms with van der Waals surface area (Å²) < 4.78 is 14.6. The Kier molecular flexibility index (Phi) is 4.11. The monoisotopic (exact) mass is 347 g/mol. The van der Waals surface area contributed by atoms with Crippen LogP contribution in [0.3, 0.4) is 0 Å². The standard InChI is InChI=1S/C13H12BrClFNS/c1-6-5-10(18-7(6)2)13(17)8-3-4-9(14)11(15)12(8)16/h3-5,13H,17H2,1-2H3. The molecule has 2 N–H and O–H groups in total. The smallest absolute Gasteiger partial charge is 0.148 e. The normalized spacial score (nSPS) is 12.8. The van der Waals surface area contributed by atoms with Crippen molar-refractivity contribution in [3.8, 4) is 0 Å². The summed E-state index contributed by atoms with van der Waals surface area (Å²) in [6, 6.07) is 4.90. The third-order valence-electron chi connectivity index (χ3n) is 2.89. The predicted molar refractivity (Wildman–Crippen MR) is 78.9 cm³/mol. The average Bonchev–Trinajstić information content (AvgIpc) is 2.66. The van der Waals surface area contributed by atoms with E-state index in [0.29, 0.717) is 10.0 Å². The fraction of sp³-hybridized carbons (Fsp3) is 0.231. The van der Waals surface area contributed by atoms with Crippen LogP contribution >= 0.6 is 38.9 Å². The number of aryl methyl sites for hydroxylation is 2. The Morgan fingerprint density at radius 3 is 2.61 bits per heavy atom. The Hall–Kier alpha value is -0.420. The van der Waals surface area contributed by atoms with Gasteiger partial charge in [0.25, 0.3) is 0 Å². The van der Waals surface area contributed by atoms with E-state index in [4.69, 9.17) is 17.3 Å². The molecule has 0 saturated heterocycles. The summed E-state index contributed by atoms with van der Waals surface area (Å²) >= 11 is 10.7. The quantitative estimate of drug-likeness (QED) is 0.762. The number of nitrogens with two attached hydrogens (primary N) is 1. The van der Waals surface area contributed by atoms with Crippen molar-refractivity contribution in [1.29, 1.82) is 0 Å². The van der Waals surface area contributed by atoms with Gasteiger partial charge in [0.2, 0.25) is 0 Å². The molecule has 1 nitrogen and oxygen atoms in total. The molecular formula is C13H12BrClFNS. The second-order valence-electron chi connectivity index (χ2n) is 4.13. The molecule has 2 rings (SSSR count). The zero-order chi connectivity index (χ0) is 13.4. The number of benzene rings is 1. The van der Waals surface area contributed by atoms with Crippen LogP contribution in [0, 0.1) is 19.7 Å². The van der Waals surface area contributed by atoms with Gasteiger partial charge in [-0.25, -0.2) is 4.39 Å². The fourth-order valence-corrected chi connectivity index (χ4v) is 3.23. The molecule has 0 saturated carbocycles. The van der Waals surface area contributed by atoms with Crippen molar-refractivity contribution in [2.45, 2.75) is 19.9 Å². The fourth-order valence-electron chi connectivity index (χ4n) is 1.69. The Morgan fingerprint density at radius 2 is 2.06 bits per heavy atom. The summed E-state index contributed by atoms with van der Waals surface area (Å²) in [5, 5.41) is 0.0768. The van der Waals surface area contributed by atoms with Gasteiger partial charge in [0.1, 0.15) is 5.82 Å². The molecule has 0 bridgehead atoms. The van der Waals surface area contributed by atoms with E-state index in [1.165, 1.54) is 10.4 Å². The number of hydrogen-bond acceptors (Lipinski definition) is 2. The highest BCUT2D eigenvalue weighted by atomic mass is 79.9. The molecule has 0 aliphatic carbocycles. The lowest BCUT2D eigenvalue weighted by Crippen LogP contribution is -2.12. The summed E-state index contributed by atoms with van der Waals surface area (Å²) in [4.78, 5) is 2.14. The summed E-state index contributed by atoms with van der Waals surface area (Å²) in [6.07, 6.45) is 0. The first-order valence-electron chi connectivity index (χ1n) is 5.37. The molecule has 96 valence electrons. The van der Waals surface area contributed by atoms with Crippen LogP contribution in [0.4, 0.5) is 4.39 Å². The van der Waals surface area contributed by atoms with Crippen molar-refractivity contribution < 1.29 is 4.39 Å². The minimum absolute atomic E-state index is 0.0768. The minimum Gasteiger partial charge on any atom is -0.320 e. The molecule has 1 atom stereocenters. The van der Waals surface area contributed by atoms with Crippen LogP contribution < -0.4 is 5.73 Å². The summed E-state index contributed by atoms with van der Waals surface area (Å²) in [7, 11) is 0. The van der Waals surface area contributed by atoms with E-state index in [0.717, 1.165) is 4.88 Å². The highest BCUT2D eigenvalue weighted by Gasteiger charge is 2.19. The lowest BCUT2D eigenvalue weighted by molar-refractivity contribution is 0.600. The lowest BCUT2D eigenvalue weighted by atomic mass is 10.1. The van der Waals surface area contributed by atoms with E-state index in [1.54, 1.807) is 23.5 Å². The molecule has 2 aromatic rings. The van der Waals surface area contributed by atoms with Gasteiger partial charge >= 0.3 is 0 Å². The van der Waals surface area contributed by atoms with Gasteiger partial charge in [0, 0.05) is 19.8 Å². The van der Waals surface area contributed by atoms with Crippen LogP contribution in [0.1, 0.15) is 26.9 Å². The highest BCUT2D eigenvalue weighted by Crippen LogP contribution is 2.34. The molecule has 0 aliphatic rings. The maximum absolute atomic E-state index is 14.1. The van der Waals surface area contributed by atoms with Crippen molar-refractivity contribution in [2.75, 3.05) is 0 Å². The average molecular weight is 349 g/mol. The van der Waals surface area contributed by atoms with Crippen molar-refractivity contribution in [1.82, 2.24) is 0 Å². The van der Waals surface area contributed by atoms with Gasteiger partial charge in [-0.3, -0.25) is 0 Å². The second kappa shape index (κ2) is 5.29. The molecule has 0 aliphatic heterocycles. The van der Waals surface area contributed by atoms with Crippen LogP contribution in [0.5, 0.6) is 0 Å². The topological polar surface area (TPSA) is 26.0 Å². The van der Waals surface area contributed by atoms with Crippen LogP contribution in [-0.4, -0.2) is 0 Å². The molecule has 1 heterocycles. The van der Waals surface area contributed by atoms with E-state index in [9.17, 15) is 4.39 Å². The van der Waals surface area contributed by atoms with Gasteiger partial charge in [0.05, 0.1) is 11.1 Å². The van der Waals surface area contributed by atoms with Crippen molar-refractivity contribution in [3.63, 3.8) is 0 Å². The zero-order valence-electron chi connectivity index (χ0n) is 9.93. The summed E-state index contributed by atoms with van der Waals surface area (Å²) in [6.45, 7) is 4.05. The number of halogens is 3. The first kappa shape index (κ1) is 14.0. The van der Waals surface area contributed by atoms with Crippen molar-refractivity contribution in [3.05, 3.63) is 54.4 Å². The molecular weight excluding hydrogens is 337 g/mol. The maximum atomic E-state index is 14.1. The zero-order valence-corrected chi connectivity index (χ0v) is 13.1. The molecule has 0 radical (unpaired) electrons. The second-order valence-corrected chi connectivity index (χ2v) is 6.65. The van der Waals surface area contributed by atoms with E-state index >= 15 is 0 Å². The van der Waals surface area contributed by atoms with E-state index < -0.39 is 11.9 Å². The van der Waals surface area contributed by atoms with Crippen LogP contribution in [0.15, 0.2) is 22.7 Å². The first-order chi connectivity index (χ1) is 8.41. The van der Waals surface area contributed by atoms with Gasteiger partial charge in [-0.1, -0.05) is 17.7 Å². The molecule has 1 aromatic carbocycles. The molecule has 1 unspecified atom stereocenters. The van der Waals surface area contributed by atoms with Crippen molar-refractivity contribution in [2.24, 2.45) is 5.73 Å². The van der Waals surface area contributed by atoms with Crippen LogP contribution in [0.25, 0.3) is 0 Å². The first-order valence-corrected chi connectivity index (χ1v) is 7.36. The van der Waals surface area contributed by atoms with Gasteiger partial charge in [-0.05, 0) is 47.5 Å². The van der Waals surface area contributed by atoms with E-state index in [2.05, 4.69) is 15.9 Å². The van der Waals surface area contributed by atoms with Gasteiger partial charge < -0.3 is 5.73 Å². The van der Waals surface area contributed by atoms with E-state index in [1.807, 2.05) is 19.9 Å². The summed E-state index contributed by atoms with van der Waals surface area (Å²) in [5.74, 6) is -0.456. The largest absolute Gasteiger partial charge is 0.320 e. The Balaban J connectivity index is 2.46. The molecule has 5 heteroatoms. The highest BCUT2D eigenvalue weighted by molar-refractivity contribution is 9.10. The predicted octanol–water partition coefficient (Wildman–Crippen LogP) is 4.97. The van der Waals surface area contributed by atoms with Crippen LogP contribution in [-0.2, 0) is 0 Å². The van der Waals surface area contributed by atoms with E-state index in [-0.39, 0.29) is 5.02 Å². The molecule has 18 heavy (non-hydrogen) atoms.